The molecule has 2 N–H and O–H groups in total. The summed E-state index contributed by atoms with van der Waals surface area (Å²) in [6.07, 6.45) is 3.48. The van der Waals surface area contributed by atoms with Crippen LogP contribution in [-0.2, 0) is 11.3 Å². The van der Waals surface area contributed by atoms with Gasteiger partial charge in [-0.15, -0.1) is 0 Å². The van der Waals surface area contributed by atoms with Crippen LogP contribution < -0.4 is 5.73 Å². The Morgan fingerprint density at radius 3 is 2.80 bits per heavy atom. The van der Waals surface area contributed by atoms with Crippen LogP contribution in [0.15, 0.2) is 24.5 Å². The maximum atomic E-state index is 11.5. The summed E-state index contributed by atoms with van der Waals surface area (Å²) in [5, 5.41) is 0. The number of rotatable bonds is 4. The van der Waals surface area contributed by atoms with Crippen molar-refractivity contribution in [2.75, 3.05) is 6.54 Å². The van der Waals surface area contributed by atoms with Gasteiger partial charge in [-0.1, -0.05) is 6.07 Å². The van der Waals surface area contributed by atoms with E-state index in [2.05, 4.69) is 4.98 Å². The molecule has 4 nitrogen and oxygen atoms in total. The predicted molar refractivity (Wildman–Crippen MR) is 59.0 cm³/mol. The molecule has 0 aliphatic heterocycles. The first kappa shape index (κ1) is 11.7. The van der Waals surface area contributed by atoms with Crippen LogP contribution in [0.5, 0.6) is 0 Å². The van der Waals surface area contributed by atoms with Gasteiger partial charge in [-0.3, -0.25) is 9.78 Å². The molecular formula is C11H17N3O. The molecule has 0 bridgehead atoms. The number of amides is 1. The van der Waals surface area contributed by atoms with Crippen LogP contribution >= 0.6 is 0 Å². The Bertz CT molecular complexity index is 311. The summed E-state index contributed by atoms with van der Waals surface area (Å²) in [5.41, 5.74) is 6.38. The number of carbonyl (C=O) groups excluding carboxylic acids is 1. The van der Waals surface area contributed by atoms with Crippen LogP contribution in [0.3, 0.4) is 0 Å². The first-order valence-electron chi connectivity index (χ1n) is 5.03. The van der Waals surface area contributed by atoms with Gasteiger partial charge in [-0.2, -0.15) is 0 Å². The standard InChI is InChI=1S/C11H17N3O/c1-9(2)14(11(15)6-12)8-10-4-3-5-13-7-10/h3-5,7,9H,6,8,12H2,1-2H3. The van der Waals surface area contributed by atoms with Crippen molar-refractivity contribution in [2.45, 2.75) is 26.4 Å². The molecule has 0 atom stereocenters. The van der Waals surface area contributed by atoms with Gasteiger partial charge in [0.1, 0.15) is 0 Å². The van der Waals surface area contributed by atoms with E-state index in [9.17, 15) is 4.79 Å². The van der Waals surface area contributed by atoms with Gasteiger partial charge in [0.15, 0.2) is 0 Å². The van der Waals surface area contributed by atoms with Gasteiger partial charge in [-0.05, 0) is 25.5 Å². The number of hydrogen-bond donors (Lipinski definition) is 1. The summed E-state index contributed by atoms with van der Waals surface area (Å²) in [4.78, 5) is 17.3. The second-order valence-corrected chi connectivity index (χ2v) is 3.68. The molecule has 0 aliphatic carbocycles. The smallest absolute Gasteiger partial charge is 0.236 e. The van der Waals surface area contributed by atoms with Crippen LogP contribution in [0, 0.1) is 0 Å². The topological polar surface area (TPSA) is 59.2 Å². The van der Waals surface area contributed by atoms with E-state index in [0.717, 1.165) is 5.56 Å². The summed E-state index contributed by atoms with van der Waals surface area (Å²) in [6, 6.07) is 3.97. The third kappa shape index (κ3) is 3.32. The van der Waals surface area contributed by atoms with Crippen LogP contribution in [0.2, 0.25) is 0 Å². The normalized spacial score (nSPS) is 10.4. The van der Waals surface area contributed by atoms with E-state index in [0.29, 0.717) is 6.54 Å². The number of hydrogen-bond acceptors (Lipinski definition) is 3. The molecule has 0 fully saturated rings. The Hall–Kier alpha value is -1.42. The van der Waals surface area contributed by atoms with E-state index in [4.69, 9.17) is 5.73 Å². The Labute approximate surface area is 90.1 Å². The first-order valence-corrected chi connectivity index (χ1v) is 5.03. The molecule has 82 valence electrons. The molecule has 0 saturated carbocycles. The molecule has 0 aliphatic rings. The Kier molecular flexibility index (Phi) is 4.24. The van der Waals surface area contributed by atoms with Crippen molar-refractivity contribution in [1.82, 2.24) is 9.88 Å². The van der Waals surface area contributed by atoms with E-state index in [1.165, 1.54) is 0 Å². The Balaban J connectivity index is 2.72. The average Bonchev–Trinajstić information content (AvgIpc) is 2.26. The van der Waals surface area contributed by atoms with E-state index >= 15 is 0 Å². The van der Waals surface area contributed by atoms with E-state index < -0.39 is 0 Å². The van der Waals surface area contributed by atoms with Gasteiger partial charge in [0.2, 0.25) is 5.91 Å². The fourth-order valence-corrected chi connectivity index (χ4v) is 1.36. The summed E-state index contributed by atoms with van der Waals surface area (Å²) >= 11 is 0. The second kappa shape index (κ2) is 5.46. The zero-order valence-electron chi connectivity index (χ0n) is 9.18. The Morgan fingerprint density at radius 2 is 2.33 bits per heavy atom. The van der Waals surface area contributed by atoms with Gasteiger partial charge < -0.3 is 10.6 Å². The minimum atomic E-state index is -0.0335. The van der Waals surface area contributed by atoms with Crippen molar-refractivity contribution >= 4 is 5.91 Å². The van der Waals surface area contributed by atoms with Crippen molar-refractivity contribution in [2.24, 2.45) is 5.73 Å². The fraction of sp³-hybridized carbons (Fsp3) is 0.455. The molecule has 1 amide bonds. The first-order chi connectivity index (χ1) is 7.15. The summed E-state index contributed by atoms with van der Waals surface area (Å²) in [7, 11) is 0. The minimum Gasteiger partial charge on any atom is -0.335 e. The van der Waals surface area contributed by atoms with Crippen molar-refractivity contribution < 1.29 is 4.79 Å². The maximum absolute atomic E-state index is 11.5. The number of nitrogens with zero attached hydrogens (tertiary/aromatic N) is 2. The van der Waals surface area contributed by atoms with Crippen LogP contribution in [0.25, 0.3) is 0 Å². The minimum absolute atomic E-state index is 0.0335. The van der Waals surface area contributed by atoms with E-state index in [-0.39, 0.29) is 18.5 Å². The highest BCUT2D eigenvalue weighted by Crippen LogP contribution is 2.06. The largest absolute Gasteiger partial charge is 0.335 e. The van der Waals surface area contributed by atoms with Crippen molar-refractivity contribution in [3.8, 4) is 0 Å². The van der Waals surface area contributed by atoms with Gasteiger partial charge in [0, 0.05) is 25.0 Å². The van der Waals surface area contributed by atoms with Gasteiger partial charge in [-0.25, -0.2) is 0 Å². The summed E-state index contributed by atoms with van der Waals surface area (Å²) in [5.74, 6) is -0.0335. The molecular weight excluding hydrogens is 190 g/mol. The zero-order valence-corrected chi connectivity index (χ0v) is 9.18. The molecule has 15 heavy (non-hydrogen) atoms. The van der Waals surface area contributed by atoms with Crippen molar-refractivity contribution in [1.29, 1.82) is 0 Å². The van der Waals surface area contributed by atoms with Gasteiger partial charge in [0.05, 0.1) is 6.54 Å². The molecule has 1 aromatic rings. The molecule has 0 saturated heterocycles. The molecule has 0 radical (unpaired) electrons. The third-order valence-electron chi connectivity index (χ3n) is 2.19. The lowest BCUT2D eigenvalue weighted by atomic mass is 10.2. The molecule has 1 heterocycles. The molecule has 1 aromatic heterocycles. The van der Waals surface area contributed by atoms with E-state index in [1.807, 2.05) is 26.0 Å². The molecule has 0 unspecified atom stereocenters. The van der Waals surface area contributed by atoms with Gasteiger partial charge >= 0.3 is 0 Å². The number of pyridine rings is 1. The molecule has 0 aromatic carbocycles. The number of nitrogens with two attached hydrogens (primary N) is 1. The number of aromatic nitrogens is 1. The van der Waals surface area contributed by atoms with E-state index in [1.54, 1.807) is 17.3 Å². The fourth-order valence-electron chi connectivity index (χ4n) is 1.36. The third-order valence-corrected chi connectivity index (χ3v) is 2.19. The van der Waals surface area contributed by atoms with Crippen molar-refractivity contribution in [3.63, 3.8) is 0 Å². The lowest BCUT2D eigenvalue weighted by Gasteiger charge is -2.26. The van der Waals surface area contributed by atoms with Crippen LogP contribution in [0.4, 0.5) is 0 Å². The van der Waals surface area contributed by atoms with Crippen LogP contribution in [-0.4, -0.2) is 28.4 Å². The highest BCUT2D eigenvalue weighted by Gasteiger charge is 2.15. The molecule has 4 heteroatoms. The lowest BCUT2D eigenvalue weighted by Crippen LogP contribution is -2.40. The zero-order chi connectivity index (χ0) is 11.3. The summed E-state index contributed by atoms with van der Waals surface area (Å²) < 4.78 is 0. The highest BCUT2D eigenvalue weighted by atomic mass is 16.2. The summed E-state index contributed by atoms with van der Waals surface area (Å²) in [6.45, 7) is 4.58. The molecule has 0 spiro atoms. The predicted octanol–water partition coefficient (Wildman–Crippen LogP) is 0.777. The Morgan fingerprint density at radius 1 is 1.60 bits per heavy atom. The average molecular weight is 207 g/mol. The van der Waals surface area contributed by atoms with Crippen LogP contribution in [0.1, 0.15) is 19.4 Å². The quantitative estimate of drug-likeness (QED) is 0.793. The maximum Gasteiger partial charge on any atom is 0.236 e. The second-order valence-electron chi connectivity index (χ2n) is 3.68. The van der Waals surface area contributed by atoms with Crippen molar-refractivity contribution in [3.05, 3.63) is 30.1 Å². The lowest BCUT2D eigenvalue weighted by molar-refractivity contribution is -0.132. The number of carbonyl (C=O) groups is 1. The SMILES string of the molecule is CC(C)N(Cc1cccnc1)C(=O)CN. The molecule has 1 rings (SSSR count). The van der Waals surface area contributed by atoms with Gasteiger partial charge in [0.25, 0.3) is 0 Å². The highest BCUT2D eigenvalue weighted by molar-refractivity contribution is 5.78. The monoisotopic (exact) mass is 207 g/mol.